The van der Waals surface area contributed by atoms with Crippen LogP contribution in [0.25, 0.3) is 0 Å². The normalized spacial score (nSPS) is 16.3. The van der Waals surface area contributed by atoms with Crippen molar-refractivity contribution in [2.75, 3.05) is 0 Å². The monoisotopic (exact) mass is 425 g/mol. The second kappa shape index (κ2) is 8.87. The first-order valence-electron chi connectivity index (χ1n) is 10.7. The van der Waals surface area contributed by atoms with Crippen LogP contribution in [0.2, 0.25) is 0 Å². The van der Waals surface area contributed by atoms with E-state index in [0.29, 0.717) is 23.1 Å². The minimum Gasteiger partial charge on any atom is -0.269 e. The molecule has 3 nitrogen and oxygen atoms in total. The van der Waals surface area contributed by atoms with Gasteiger partial charge < -0.3 is 0 Å². The molecule has 0 aromatic heterocycles. The van der Waals surface area contributed by atoms with Gasteiger partial charge in [-0.25, -0.2) is 0 Å². The smallest absolute Gasteiger partial charge is 0.262 e. The van der Waals surface area contributed by atoms with Crippen LogP contribution in [0.3, 0.4) is 0 Å². The third-order valence-electron chi connectivity index (χ3n) is 5.55. The Labute approximate surface area is 193 Å². The van der Waals surface area contributed by atoms with Crippen molar-refractivity contribution in [1.29, 1.82) is 0 Å². The molecule has 3 heteroatoms. The van der Waals surface area contributed by atoms with Gasteiger partial charge in [-0.3, -0.25) is 14.5 Å². The molecule has 5 rings (SSSR count). The Kier molecular flexibility index (Phi) is 5.46. The molecule has 0 spiro atoms. The van der Waals surface area contributed by atoms with E-state index in [4.69, 9.17) is 0 Å². The van der Waals surface area contributed by atoms with Crippen LogP contribution in [-0.4, -0.2) is 22.8 Å². The fraction of sp³-hybridized carbons (Fsp3) is 0.0667. The van der Waals surface area contributed by atoms with Crippen molar-refractivity contribution in [3.63, 3.8) is 0 Å². The van der Waals surface area contributed by atoms with Crippen LogP contribution in [0, 0.1) is 23.7 Å². The Morgan fingerprint density at radius 1 is 0.667 bits per heavy atom. The van der Waals surface area contributed by atoms with Crippen molar-refractivity contribution >= 4 is 11.8 Å². The maximum Gasteiger partial charge on any atom is 0.262 e. The lowest BCUT2D eigenvalue weighted by Crippen LogP contribution is -2.39. The van der Waals surface area contributed by atoms with Crippen LogP contribution in [-0.2, 0) is 0 Å². The second-order valence-corrected chi connectivity index (χ2v) is 7.80. The van der Waals surface area contributed by atoms with E-state index in [1.54, 1.807) is 18.2 Å². The van der Waals surface area contributed by atoms with E-state index in [0.717, 1.165) is 16.7 Å². The molecule has 0 radical (unpaired) electrons. The lowest BCUT2D eigenvalue weighted by molar-refractivity contribution is 0.0615. The average molecular weight is 425 g/mol. The van der Waals surface area contributed by atoms with Crippen molar-refractivity contribution in [2.24, 2.45) is 0 Å². The topological polar surface area (TPSA) is 37.4 Å². The largest absolute Gasteiger partial charge is 0.269 e. The van der Waals surface area contributed by atoms with Crippen LogP contribution < -0.4 is 0 Å². The molecule has 0 fully saturated rings. The van der Waals surface area contributed by atoms with Crippen molar-refractivity contribution in [1.82, 2.24) is 4.90 Å². The zero-order valence-electron chi connectivity index (χ0n) is 17.8. The van der Waals surface area contributed by atoms with Crippen LogP contribution in [0.4, 0.5) is 0 Å². The predicted octanol–water partition coefficient (Wildman–Crippen LogP) is 4.99. The summed E-state index contributed by atoms with van der Waals surface area (Å²) >= 11 is 0. The molecular weight excluding hydrogens is 406 g/mol. The Balaban J connectivity index is 1.39. The number of fused-ring (bicyclic) bond motifs is 1. The van der Waals surface area contributed by atoms with Crippen LogP contribution in [0.15, 0.2) is 103 Å². The highest BCUT2D eigenvalue weighted by Gasteiger charge is 2.39. The number of imide groups is 1. The first-order valence-corrected chi connectivity index (χ1v) is 10.7. The molecule has 3 aromatic rings. The van der Waals surface area contributed by atoms with Crippen LogP contribution >= 0.6 is 0 Å². The molecule has 2 aliphatic rings. The molecule has 0 saturated carbocycles. The fourth-order valence-electron chi connectivity index (χ4n) is 3.90. The number of carbonyl (C=O) groups is 2. The van der Waals surface area contributed by atoms with E-state index in [1.165, 1.54) is 4.90 Å². The third-order valence-corrected chi connectivity index (χ3v) is 5.55. The zero-order chi connectivity index (χ0) is 22.6. The number of hydrogen-bond donors (Lipinski definition) is 0. The lowest BCUT2D eigenvalue weighted by Gasteiger charge is -2.24. The molecule has 0 bridgehead atoms. The standard InChI is InChI=1S/C30H19NO2/c32-29-27-19-18-25(17-15-23-10-5-2-6-11-23)21-28(27)30(33)31(29)26-13-7-12-24(20-26)16-14-22-8-3-1-4-9-22/h1-12,18-21,26H,13H2. The maximum absolute atomic E-state index is 13.2. The summed E-state index contributed by atoms with van der Waals surface area (Å²) in [6.07, 6.45) is 6.36. The van der Waals surface area contributed by atoms with Gasteiger partial charge in [0.1, 0.15) is 0 Å². The summed E-state index contributed by atoms with van der Waals surface area (Å²) in [5.41, 5.74) is 4.13. The molecule has 0 saturated heterocycles. The molecule has 3 aromatic carbocycles. The van der Waals surface area contributed by atoms with Crippen LogP contribution in [0.5, 0.6) is 0 Å². The van der Waals surface area contributed by atoms with Gasteiger partial charge in [0, 0.05) is 22.3 Å². The van der Waals surface area contributed by atoms with E-state index >= 15 is 0 Å². The number of allylic oxidation sites excluding steroid dienone is 2. The molecule has 1 unspecified atom stereocenters. The molecule has 33 heavy (non-hydrogen) atoms. The Morgan fingerprint density at radius 3 is 1.97 bits per heavy atom. The van der Waals surface area contributed by atoms with E-state index in [9.17, 15) is 9.59 Å². The highest BCUT2D eigenvalue weighted by molar-refractivity contribution is 6.21. The van der Waals surface area contributed by atoms with E-state index in [1.807, 2.05) is 78.9 Å². The Morgan fingerprint density at radius 2 is 1.27 bits per heavy atom. The summed E-state index contributed by atoms with van der Waals surface area (Å²) in [6, 6.07) is 24.2. The van der Waals surface area contributed by atoms with Crippen molar-refractivity contribution in [3.05, 3.63) is 130 Å². The van der Waals surface area contributed by atoms with Gasteiger partial charge in [-0.05, 0) is 55.0 Å². The molecule has 0 N–H and O–H groups in total. The summed E-state index contributed by atoms with van der Waals surface area (Å²) in [5, 5.41) is 0. The van der Waals surface area contributed by atoms with Gasteiger partial charge in [-0.2, -0.15) is 0 Å². The van der Waals surface area contributed by atoms with Crippen molar-refractivity contribution < 1.29 is 9.59 Å². The summed E-state index contributed by atoms with van der Waals surface area (Å²) in [6.45, 7) is 0. The minimum atomic E-state index is -0.360. The van der Waals surface area contributed by atoms with Crippen molar-refractivity contribution in [3.8, 4) is 23.7 Å². The number of benzene rings is 3. The first kappa shape index (κ1) is 20.3. The van der Waals surface area contributed by atoms with Gasteiger partial charge in [-0.15, -0.1) is 0 Å². The number of nitrogens with zero attached hydrogens (tertiary/aromatic N) is 1. The summed E-state index contributed by atoms with van der Waals surface area (Å²) < 4.78 is 0. The van der Waals surface area contributed by atoms with Gasteiger partial charge in [0.2, 0.25) is 0 Å². The second-order valence-electron chi connectivity index (χ2n) is 7.80. The summed E-state index contributed by atoms with van der Waals surface area (Å²) in [7, 11) is 0. The Hall–Kier alpha value is -4.60. The van der Waals surface area contributed by atoms with Gasteiger partial charge in [0.05, 0.1) is 17.2 Å². The molecule has 1 aliphatic carbocycles. The average Bonchev–Trinajstić information content (AvgIpc) is 3.12. The highest BCUT2D eigenvalue weighted by Crippen LogP contribution is 2.29. The lowest BCUT2D eigenvalue weighted by atomic mass is 10.0. The fourth-order valence-corrected chi connectivity index (χ4v) is 3.90. The van der Waals surface area contributed by atoms with Crippen LogP contribution in [0.1, 0.15) is 43.8 Å². The molecule has 1 atom stereocenters. The Bertz CT molecular complexity index is 1420. The van der Waals surface area contributed by atoms with E-state index in [2.05, 4.69) is 23.7 Å². The van der Waals surface area contributed by atoms with Crippen molar-refractivity contribution in [2.45, 2.75) is 12.5 Å². The number of amides is 2. The maximum atomic E-state index is 13.2. The van der Waals surface area contributed by atoms with E-state index in [-0.39, 0.29) is 17.9 Å². The summed E-state index contributed by atoms with van der Waals surface area (Å²) in [5.74, 6) is 11.9. The minimum absolute atomic E-state index is 0.274. The quantitative estimate of drug-likeness (QED) is 0.407. The molecule has 2 amide bonds. The van der Waals surface area contributed by atoms with E-state index < -0.39 is 0 Å². The number of carbonyl (C=O) groups excluding carboxylic acids is 2. The van der Waals surface area contributed by atoms with Gasteiger partial charge in [-0.1, -0.05) is 72.2 Å². The highest BCUT2D eigenvalue weighted by atomic mass is 16.2. The SMILES string of the molecule is O=C1c2ccc(C#Cc3ccccc3)cc2C(=O)N1C1C=C(C#Cc2ccccc2)C=CC1. The summed E-state index contributed by atoms with van der Waals surface area (Å²) in [4.78, 5) is 27.6. The van der Waals surface area contributed by atoms with Gasteiger partial charge in [0.15, 0.2) is 0 Å². The third kappa shape index (κ3) is 4.26. The van der Waals surface area contributed by atoms with Gasteiger partial charge in [0.25, 0.3) is 11.8 Å². The van der Waals surface area contributed by atoms with Gasteiger partial charge >= 0.3 is 0 Å². The zero-order valence-corrected chi connectivity index (χ0v) is 17.8. The number of hydrogen-bond acceptors (Lipinski definition) is 2. The number of rotatable bonds is 1. The molecule has 156 valence electrons. The predicted molar refractivity (Wildman–Crippen MR) is 128 cm³/mol. The molecule has 1 aliphatic heterocycles. The first-order chi connectivity index (χ1) is 16.2. The molecule has 1 heterocycles. The molecular formula is C30H19NO2.